The molecule has 0 radical (unpaired) electrons. The van der Waals surface area contributed by atoms with Crippen molar-refractivity contribution in [1.82, 2.24) is 0 Å². The van der Waals surface area contributed by atoms with Gasteiger partial charge in [-0.2, -0.15) is 0 Å². The molecule has 0 aliphatic carbocycles. The molecule has 70 valence electrons. The largest absolute Gasteiger partial charge is 0.411 e. The van der Waals surface area contributed by atoms with Gasteiger partial charge in [0, 0.05) is 6.54 Å². The fourth-order valence-electron chi connectivity index (χ4n) is 0.795. The molecule has 3 nitrogen and oxygen atoms in total. The Morgan fingerprint density at radius 3 is 2.33 bits per heavy atom. The molecule has 0 aromatic rings. The van der Waals surface area contributed by atoms with Crippen molar-refractivity contribution in [3.05, 3.63) is 0 Å². The van der Waals surface area contributed by atoms with Gasteiger partial charge in [0.15, 0.2) is 0 Å². The summed E-state index contributed by atoms with van der Waals surface area (Å²) in [4.78, 5) is 4.26. The topological polar surface area (TPSA) is 45.0 Å². The second kappa shape index (κ2) is 6.83. The van der Waals surface area contributed by atoms with Crippen molar-refractivity contribution in [2.75, 3.05) is 6.54 Å². The molecule has 0 fully saturated rings. The molecule has 0 atom stereocenters. The Labute approximate surface area is 74.2 Å². The van der Waals surface area contributed by atoms with Crippen LogP contribution in [0.1, 0.15) is 40.0 Å². The highest BCUT2D eigenvalue weighted by molar-refractivity contribution is 6.40. The molecule has 0 aromatic heterocycles. The fourth-order valence-corrected chi connectivity index (χ4v) is 0.795. The van der Waals surface area contributed by atoms with Crippen LogP contribution in [0.2, 0.25) is 0 Å². The summed E-state index contributed by atoms with van der Waals surface area (Å²) >= 11 is 0. The molecule has 1 N–H and O–H groups in total. The Balaban J connectivity index is 3.69. The molecule has 0 bridgehead atoms. The van der Waals surface area contributed by atoms with E-state index in [0.717, 1.165) is 18.7 Å². The van der Waals surface area contributed by atoms with E-state index in [1.807, 2.05) is 6.92 Å². The Kier molecular flexibility index (Phi) is 6.34. The summed E-state index contributed by atoms with van der Waals surface area (Å²) in [6, 6.07) is 0. The van der Waals surface area contributed by atoms with Gasteiger partial charge >= 0.3 is 0 Å². The van der Waals surface area contributed by atoms with Crippen molar-refractivity contribution < 1.29 is 5.21 Å². The van der Waals surface area contributed by atoms with E-state index in [9.17, 15) is 0 Å². The molecule has 0 aliphatic rings. The van der Waals surface area contributed by atoms with Crippen LogP contribution < -0.4 is 0 Å². The zero-order chi connectivity index (χ0) is 9.40. The molecule has 0 aliphatic heterocycles. The van der Waals surface area contributed by atoms with Crippen molar-refractivity contribution in [2.45, 2.75) is 40.0 Å². The monoisotopic (exact) mass is 170 g/mol. The van der Waals surface area contributed by atoms with E-state index >= 15 is 0 Å². The summed E-state index contributed by atoms with van der Waals surface area (Å²) in [5, 5.41) is 11.5. The Hall–Kier alpha value is -0.860. The molecule has 0 saturated heterocycles. The standard InChI is InChI=1S/C9H18N2O/c1-4-5-6-7-10-8(2)9(3)11-12/h12H,4-7H2,1-3H3/b10-8?,11-9-. The van der Waals surface area contributed by atoms with Gasteiger partial charge < -0.3 is 5.21 Å². The quantitative estimate of drug-likeness (QED) is 0.293. The minimum absolute atomic E-state index is 0.603. The van der Waals surface area contributed by atoms with Gasteiger partial charge in [0.2, 0.25) is 0 Å². The highest BCUT2D eigenvalue weighted by Crippen LogP contribution is 1.94. The molecule has 0 rings (SSSR count). The van der Waals surface area contributed by atoms with E-state index in [4.69, 9.17) is 5.21 Å². The van der Waals surface area contributed by atoms with E-state index in [1.165, 1.54) is 12.8 Å². The van der Waals surface area contributed by atoms with Crippen LogP contribution in [0.4, 0.5) is 0 Å². The molecule has 0 saturated carbocycles. The first-order chi connectivity index (χ1) is 5.72. The van der Waals surface area contributed by atoms with Gasteiger partial charge in [0.25, 0.3) is 0 Å². The van der Waals surface area contributed by atoms with Crippen LogP contribution >= 0.6 is 0 Å². The van der Waals surface area contributed by atoms with E-state index in [2.05, 4.69) is 17.1 Å². The van der Waals surface area contributed by atoms with Gasteiger partial charge in [0.05, 0.1) is 11.4 Å². The maximum Gasteiger partial charge on any atom is 0.0971 e. The van der Waals surface area contributed by atoms with Crippen molar-refractivity contribution in [1.29, 1.82) is 0 Å². The SMILES string of the molecule is CCCCCN=C(C)/C(C)=N\O. The molecule has 0 heterocycles. The van der Waals surface area contributed by atoms with Gasteiger partial charge in [-0.25, -0.2) is 0 Å². The van der Waals surface area contributed by atoms with Gasteiger partial charge in [-0.05, 0) is 20.3 Å². The lowest BCUT2D eigenvalue weighted by Crippen LogP contribution is -2.06. The third-order valence-corrected chi connectivity index (χ3v) is 1.78. The number of hydrogen-bond acceptors (Lipinski definition) is 3. The van der Waals surface area contributed by atoms with Gasteiger partial charge in [-0.15, -0.1) is 0 Å². The number of hydrogen-bond donors (Lipinski definition) is 1. The van der Waals surface area contributed by atoms with Crippen molar-refractivity contribution in [3.8, 4) is 0 Å². The average Bonchev–Trinajstić information content (AvgIpc) is 2.10. The zero-order valence-corrected chi connectivity index (χ0v) is 8.17. The van der Waals surface area contributed by atoms with Gasteiger partial charge in [-0.1, -0.05) is 24.9 Å². The highest BCUT2D eigenvalue weighted by atomic mass is 16.4. The lowest BCUT2D eigenvalue weighted by Gasteiger charge is -1.97. The highest BCUT2D eigenvalue weighted by Gasteiger charge is 1.94. The van der Waals surface area contributed by atoms with Crippen LogP contribution in [-0.2, 0) is 0 Å². The molecule has 0 amide bonds. The minimum Gasteiger partial charge on any atom is -0.411 e. The summed E-state index contributed by atoms with van der Waals surface area (Å²) in [5.41, 5.74) is 1.43. The second-order valence-corrected chi connectivity index (χ2v) is 2.86. The van der Waals surface area contributed by atoms with E-state index in [-0.39, 0.29) is 0 Å². The summed E-state index contributed by atoms with van der Waals surface area (Å²) in [6.45, 7) is 6.61. The predicted octanol–water partition coefficient (Wildman–Crippen LogP) is 2.49. The lowest BCUT2D eigenvalue weighted by molar-refractivity contribution is 0.320. The number of rotatable bonds is 5. The average molecular weight is 170 g/mol. The second-order valence-electron chi connectivity index (χ2n) is 2.86. The normalized spacial score (nSPS) is 13.6. The number of nitrogens with zero attached hydrogens (tertiary/aromatic N) is 2. The first kappa shape index (κ1) is 11.1. The molecule has 12 heavy (non-hydrogen) atoms. The smallest absolute Gasteiger partial charge is 0.0971 e. The number of oxime groups is 1. The lowest BCUT2D eigenvalue weighted by atomic mass is 10.2. The van der Waals surface area contributed by atoms with Crippen molar-refractivity contribution in [3.63, 3.8) is 0 Å². The molecule has 0 unspecified atom stereocenters. The van der Waals surface area contributed by atoms with E-state index in [0.29, 0.717) is 5.71 Å². The molecule has 3 heteroatoms. The zero-order valence-electron chi connectivity index (χ0n) is 8.17. The molecule has 0 aromatic carbocycles. The van der Waals surface area contributed by atoms with E-state index < -0.39 is 0 Å². The Morgan fingerprint density at radius 2 is 1.83 bits per heavy atom. The van der Waals surface area contributed by atoms with Gasteiger partial charge in [0.1, 0.15) is 0 Å². The number of unbranched alkanes of at least 4 members (excludes halogenated alkanes) is 2. The van der Waals surface area contributed by atoms with E-state index in [1.54, 1.807) is 6.92 Å². The minimum atomic E-state index is 0.603. The number of aliphatic imine (C=N–C) groups is 1. The van der Waals surface area contributed by atoms with Crippen LogP contribution in [0.3, 0.4) is 0 Å². The predicted molar refractivity (Wildman–Crippen MR) is 52.4 cm³/mol. The molecular weight excluding hydrogens is 152 g/mol. The van der Waals surface area contributed by atoms with Crippen LogP contribution in [-0.4, -0.2) is 23.2 Å². The Bertz CT molecular complexity index is 173. The van der Waals surface area contributed by atoms with Crippen molar-refractivity contribution in [2.24, 2.45) is 10.1 Å². The first-order valence-corrected chi connectivity index (χ1v) is 4.42. The first-order valence-electron chi connectivity index (χ1n) is 4.42. The van der Waals surface area contributed by atoms with Crippen molar-refractivity contribution >= 4 is 11.4 Å². The maximum atomic E-state index is 8.42. The summed E-state index contributed by atoms with van der Waals surface area (Å²) in [5.74, 6) is 0. The third-order valence-electron chi connectivity index (χ3n) is 1.78. The third kappa shape index (κ3) is 4.88. The summed E-state index contributed by atoms with van der Waals surface area (Å²) < 4.78 is 0. The summed E-state index contributed by atoms with van der Waals surface area (Å²) in [7, 11) is 0. The molecular formula is C9H18N2O. The van der Waals surface area contributed by atoms with Crippen LogP contribution in [0, 0.1) is 0 Å². The summed E-state index contributed by atoms with van der Waals surface area (Å²) in [6.07, 6.45) is 3.54. The maximum absolute atomic E-state index is 8.42. The fraction of sp³-hybridized carbons (Fsp3) is 0.778. The van der Waals surface area contributed by atoms with Crippen LogP contribution in [0.15, 0.2) is 10.1 Å². The van der Waals surface area contributed by atoms with Crippen LogP contribution in [0.25, 0.3) is 0 Å². The van der Waals surface area contributed by atoms with Crippen LogP contribution in [0.5, 0.6) is 0 Å². The van der Waals surface area contributed by atoms with Gasteiger partial charge in [-0.3, -0.25) is 4.99 Å². The molecule has 0 spiro atoms. The Morgan fingerprint density at radius 1 is 1.17 bits per heavy atom.